The number of alkyl halides is 2. The standard InChI is InChI=1S/C11H20F2N2O2/c1-11(7-14,8-2-3-8)15-10(16)4-5-17-6-9(12)13/h8-9H,2-7,14H2,1H3,(H,15,16). The number of halogens is 2. The van der Waals surface area contributed by atoms with Crippen LogP contribution in [0.3, 0.4) is 0 Å². The average Bonchev–Trinajstić information content (AvgIpc) is 3.08. The lowest BCUT2D eigenvalue weighted by Gasteiger charge is -2.29. The molecule has 1 aliphatic carbocycles. The highest BCUT2D eigenvalue weighted by atomic mass is 19.3. The van der Waals surface area contributed by atoms with Gasteiger partial charge >= 0.3 is 0 Å². The van der Waals surface area contributed by atoms with Gasteiger partial charge in [0.1, 0.15) is 6.61 Å². The molecule has 1 fully saturated rings. The predicted octanol–water partition coefficient (Wildman–Crippen LogP) is 0.902. The quantitative estimate of drug-likeness (QED) is 0.629. The van der Waals surface area contributed by atoms with Gasteiger partial charge in [-0.05, 0) is 25.7 Å². The molecule has 0 heterocycles. The minimum atomic E-state index is -2.49. The third-order valence-electron chi connectivity index (χ3n) is 3.04. The van der Waals surface area contributed by atoms with Crippen LogP contribution in [0.4, 0.5) is 8.78 Å². The topological polar surface area (TPSA) is 64.3 Å². The molecule has 1 amide bonds. The number of ether oxygens (including phenoxy) is 1. The molecule has 100 valence electrons. The zero-order chi connectivity index (χ0) is 12.9. The fourth-order valence-corrected chi connectivity index (χ4v) is 1.76. The number of nitrogens with one attached hydrogen (secondary N) is 1. The van der Waals surface area contributed by atoms with Gasteiger partial charge in [0.05, 0.1) is 12.1 Å². The molecule has 1 aliphatic rings. The predicted molar refractivity (Wildman–Crippen MR) is 59.8 cm³/mol. The molecule has 0 aromatic carbocycles. The number of nitrogens with two attached hydrogens (primary N) is 1. The summed E-state index contributed by atoms with van der Waals surface area (Å²) in [5.41, 5.74) is 5.28. The van der Waals surface area contributed by atoms with E-state index in [1.54, 1.807) is 0 Å². The number of hydrogen-bond acceptors (Lipinski definition) is 3. The molecule has 1 saturated carbocycles. The third kappa shape index (κ3) is 4.95. The van der Waals surface area contributed by atoms with E-state index in [2.05, 4.69) is 10.1 Å². The van der Waals surface area contributed by atoms with Crippen molar-refractivity contribution in [1.82, 2.24) is 5.32 Å². The Morgan fingerprint density at radius 2 is 2.24 bits per heavy atom. The highest BCUT2D eigenvalue weighted by molar-refractivity contribution is 5.77. The zero-order valence-electron chi connectivity index (χ0n) is 10.0. The summed E-state index contributed by atoms with van der Waals surface area (Å²) in [7, 11) is 0. The van der Waals surface area contributed by atoms with Crippen molar-refractivity contribution >= 4 is 5.91 Å². The molecule has 17 heavy (non-hydrogen) atoms. The van der Waals surface area contributed by atoms with Gasteiger partial charge in [-0.15, -0.1) is 0 Å². The second kappa shape index (κ2) is 6.26. The Morgan fingerprint density at radius 3 is 2.71 bits per heavy atom. The molecule has 0 aromatic rings. The van der Waals surface area contributed by atoms with E-state index in [-0.39, 0.29) is 24.5 Å². The summed E-state index contributed by atoms with van der Waals surface area (Å²) < 4.78 is 28.2. The van der Waals surface area contributed by atoms with Gasteiger partial charge in [0.15, 0.2) is 0 Å². The molecule has 4 nitrogen and oxygen atoms in total. The third-order valence-corrected chi connectivity index (χ3v) is 3.04. The highest BCUT2D eigenvalue weighted by Crippen LogP contribution is 2.38. The lowest BCUT2D eigenvalue weighted by atomic mass is 9.96. The van der Waals surface area contributed by atoms with Crippen LogP contribution in [0, 0.1) is 5.92 Å². The minimum absolute atomic E-state index is 0.0154. The van der Waals surface area contributed by atoms with Crippen LogP contribution in [-0.2, 0) is 9.53 Å². The van der Waals surface area contributed by atoms with Gasteiger partial charge in [-0.25, -0.2) is 8.78 Å². The summed E-state index contributed by atoms with van der Waals surface area (Å²) in [5.74, 6) is 0.248. The largest absolute Gasteiger partial charge is 0.375 e. The Kier molecular flexibility index (Phi) is 5.27. The van der Waals surface area contributed by atoms with Crippen LogP contribution in [0.15, 0.2) is 0 Å². The number of rotatable bonds is 8. The van der Waals surface area contributed by atoms with Crippen molar-refractivity contribution in [3.63, 3.8) is 0 Å². The summed E-state index contributed by atoms with van der Waals surface area (Å²) >= 11 is 0. The number of carbonyl (C=O) groups is 1. The normalized spacial score (nSPS) is 19.1. The van der Waals surface area contributed by atoms with Gasteiger partial charge in [-0.3, -0.25) is 4.79 Å². The molecular weight excluding hydrogens is 230 g/mol. The van der Waals surface area contributed by atoms with Gasteiger partial charge in [0.2, 0.25) is 5.91 Å². The first-order chi connectivity index (χ1) is 7.98. The zero-order valence-corrected chi connectivity index (χ0v) is 10.0. The first-order valence-electron chi connectivity index (χ1n) is 5.85. The summed E-state index contributed by atoms with van der Waals surface area (Å²) in [6, 6.07) is 0. The molecule has 0 bridgehead atoms. The van der Waals surface area contributed by atoms with Crippen LogP contribution in [0.1, 0.15) is 26.2 Å². The van der Waals surface area contributed by atoms with Crippen LogP contribution in [0.25, 0.3) is 0 Å². The van der Waals surface area contributed by atoms with Crippen LogP contribution < -0.4 is 11.1 Å². The Bertz CT molecular complexity index is 260. The van der Waals surface area contributed by atoms with E-state index in [0.717, 1.165) is 12.8 Å². The number of carbonyl (C=O) groups excluding carboxylic acids is 1. The second-order valence-corrected chi connectivity index (χ2v) is 4.66. The molecule has 6 heteroatoms. The van der Waals surface area contributed by atoms with E-state index in [4.69, 9.17) is 5.73 Å². The second-order valence-electron chi connectivity index (χ2n) is 4.66. The SMILES string of the molecule is CC(CN)(NC(=O)CCOCC(F)F)C1CC1. The van der Waals surface area contributed by atoms with E-state index in [9.17, 15) is 13.6 Å². The van der Waals surface area contributed by atoms with Gasteiger partial charge in [-0.1, -0.05) is 0 Å². The molecule has 0 aliphatic heterocycles. The maximum atomic E-state index is 11.8. The Hall–Kier alpha value is -0.750. The Labute approximate surface area is 99.9 Å². The number of hydrogen-bond donors (Lipinski definition) is 2. The molecule has 0 spiro atoms. The van der Waals surface area contributed by atoms with E-state index >= 15 is 0 Å². The van der Waals surface area contributed by atoms with Gasteiger partial charge in [-0.2, -0.15) is 0 Å². The van der Waals surface area contributed by atoms with E-state index in [1.807, 2.05) is 6.92 Å². The monoisotopic (exact) mass is 250 g/mol. The van der Waals surface area contributed by atoms with Crippen molar-refractivity contribution < 1.29 is 18.3 Å². The van der Waals surface area contributed by atoms with E-state index < -0.39 is 13.0 Å². The summed E-state index contributed by atoms with van der Waals surface area (Å²) in [4.78, 5) is 11.6. The molecule has 0 aromatic heterocycles. The molecule has 1 rings (SSSR count). The summed E-state index contributed by atoms with van der Waals surface area (Å²) in [6.07, 6.45) is -0.236. The van der Waals surface area contributed by atoms with Crippen LogP contribution in [-0.4, -0.2) is 37.6 Å². The summed E-state index contributed by atoms with van der Waals surface area (Å²) in [6.45, 7) is 1.70. The summed E-state index contributed by atoms with van der Waals surface area (Å²) in [5, 5.41) is 2.86. The van der Waals surface area contributed by atoms with Crippen LogP contribution in [0.5, 0.6) is 0 Å². The van der Waals surface area contributed by atoms with E-state index in [0.29, 0.717) is 12.5 Å². The smallest absolute Gasteiger partial charge is 0.261 e. The van der Waals surface area contributed by atoms with Gasteiger partial charge in [0.25, 0.3) is 6.43 Å². The van der Waals surface area contributed by atoms with Gasteiger partial charge in [0, 0.05) is 13.0 Å². The van der Waals surface area contributed by atoms with Crippen LogP contribution >= 0.6 is 0 Å². The molecule has 0 radical (unpaired) electrons. The minimum Gasteiger partial charge on any atom is -0.375 e. The Balaban J connectivity index is 2.19. The maximum Gasteiger partial charge on any atom is 0.261 e. The van der Waals surface area contributed by atoms with Crippen molar-refractivity contribution in [3.05, 3.63) is 0 Å². The van der Waals surface area contributed by atoms with Crippen LogP contribution in [0.2, 0.25) is 0 Å². The Morgan fingerprint density at radius 1 is 1.59 bits per heavy atom. The fraction of sp³-hybridized carbons (Fsp3) is 0.909. The van der Waals surface area contributed by atoms with Crippen molar-refractivity contribution in [2.24, 2.45) is 11.7 Å². The number of amides is 1. The van der Waals surface area contributed by atoms with Crippen molar-refractivity contribution in [2.45, 2.75) is 38.2 Å². The molecule has 1 unspecified atom stereocenters. The molecule has 1 atom stereocenters. The van der Waals surface area contributed by atoms with Crippen molar-refractivity contribution in [1.29, 1.82) is 0 Å². The first kappa shape index (κ1) is 14.3. The fourth-order valence-electron chi connectivity index (χ4n) is 1.76. The van der Waals surface area contributed by atoms with Crippen molar-refractivity contribution in [2.75, 3.05) is 19.8 Å². The highest BCUT2D eigenvalue weighted by Gasteiger charge is 2.41. The van der Waals surface area contributed by atoms with Gasteiger partial charge < -0.3 is 15.8 Å². The lowest BCUT2D eigenvalue weighted by molar-refractivity contribution is -0.124. The lowest BCUT2D eigenvalue weighted by Crippen LogP contribution is -2.53. The maximum absolute atomic E-state index is 11.8. The molecule has 0 saturated heterocycles. The molecule has 3 N–H and O–H groups in total. The van der Waals surface area contributed by atoms with E-state index in [1.165, 1.54) is 0 Å². The first-order valence-corrected chi connectivity index (χ1v) is 5.85. The molecular formula is C11H20F2N2O2. The van der Waals surface area contributed by atoms with Crippen molar-refractivity contribution in [3.8, 4) is 0 Å². The average molecular weight is 250 g/mol.